The fourth-order valence-corrected chi connectivity index (χ4v) is 1.70. The van der Waals surface area contributed by atoms with Crippen molar-refractivity contribution in [2.24, 2.45) is 0 Å². The molecule has 98 valence electrons. The standard InChI is InChI=1S/C11H7ClF3N.C2H6/c1-6-2-3-9-7(4-6)8(12)5-10(16-9)11(13,14)15;1-2/h2-5H,1H3;1-2H3. The molecule has 2 rings (SSSR count). The highest BCUT2D eigenvalue weighted by molar-refractivity contribution is 6.35. The quantitative estimate of drug-likeness (QED) is 0.640. The van der Waals surface area contributed by atoms with E-state index in [0.717, 1.165) is 11.6 Å². The number of halogens is 4. The third kappa shape index (κ3) is 3.13. The van der Waals surface area contributed by atoms with E-state index in [4.69, 9.17) is 11.6 Å². The first-order valence-electron chi connectivity index (χ1n) is 5.52. The summed E-state index contributed by atoms with van der Waals surface area (Å²) < 4.78 is 37.4. The van der Waals surface area contributed by atoms with Gasteiger partial charge in [0.1, 0.15) is 5.69 Å². The molecule has 1 nitrogen and oxygen atoms in total. The molecule has 0 bridgehead atoms. The highest BCUT2D eigenvalue weighted by atomic mass is 35.5. The van der Waals surface area contributed by atoms with Crippen molar-refractivity contribution in [3.05, 3.63) is 40.5 Å². The zero-order valence-electron chi connectivity index (χ0n) is 10.3. The number of hydrogen-bond acceptors (Lipinski definition) is 1. The number of rotatable bonds is 0. The maximum Gasteiger partial charge on any atom is 0.433 e. The summed E-state index contributed by atoms with van der Waals surface area (Å²) in [6.45, 7) is 5.84. The van der Waals surface area contributed by atoms with Gasteiger partial charge in [-0.3, -0.25) is 0 Å². The molecule has 0 aliphatic heterocycles. The van der Waals surface area contributed by atoms with Gasteiger partial charge in [-0.25, -0.2) is 4.98 Å². The van der Waals surface area contributed by atoms with Crippen molar-refractivity contribution in [3.63, 3.8) is 0 Å². The van der Waals surface area contributed by atoms with Crippen LogP contribution in [0.3, 0.4) is 0 Å². The second-order valence-corrected chi connectivity index (χ2v) is 3.91. The Morgan fingerprint density at radius 3 is 2.28 bits per heavy atom. The van der Waals surface area contributed by atoms with Gasteiger partial charge in [-0.2, -0.15) is 13.2 Å². The maximum absolute atomic E-state index is 12.5. The third-order valence-electron chi connectivity index (χ3n) is 2.20. The summed E-state index contributed by atoms with van der Waals surface area (Å²) in [5, 5.41) is 0.607. The molecular formula is C13H13ClF3N. The lowest BCUT2D eigenvalue weighted by Gasteiger charge is -2.08. The van der Waals surface area contributed by atoms with E-state index in [1.165, 1.54) is 6.07 Å². The molecule has 0 unspecified atom stereocenters. The van der Waals surface area contributed by atoms with Crippen molar-refractivity contribution in [3.8, 4) is 0 Å². The first-order chi connectivity index (χ1) is 8.38. The Kier molecular flexibility index (Phi) is 4.57. The van der Waals surface area contributed by atoms with Gasteiger partial charge >= 0.3 is 6.18 Å². The molecule has 1 aromatic carbocycles. The number of nitrogens with zero attached hydrogens (tertiary/aromatic N) is 1. The monoisotopic (exact) mass is 275 g/mol. The summed E-state index contributed by atoms with van der Waals surface area (Å²) in [7, 11) is 0. The fraction of sp³-hybridized carbons (Fsp3) is 0.308. The molecule has 5 heteroatoms. The van der Waals surface area contributed by atoms with E-state index >= 15 is 0 Å². The second kappa shape index (κ2) is 5.57. The third-order valence-corrected chi connectivity index (χ3v) is 2.52. The molecule has 0 spiro atoms. The highest BCUT2D eigenvalue weighted by Gasteiger charge is 2.33. The van der Waals surface area contributed by atoms with Gasteiger partial charge in [0, 0.05) is 5.39 Å². The number of aryl methyl sites for hydroxylation is 1. The number of pyridine rings is 1. The average Bonchev–Trinajstić information content (AvgIpc) is 2.31. The fourth-order valence-electron chi connectivity index (χ4n) is 1.44. The lowest BCUT2D eigenvalue weighted by Crippen LogP contribution is -2.07. The molecule has 2 aromatic rings. The molecule has 0 saturated heterocycles. The van der Waals surface area contributed by atoms with E-state index in [0.29, 0.717) is 5.39 Å². The predicted molar refractivity (Wildman–Crippen MR) is 67.8 cm³/mol. The molecule has 0 atom stereocenters. The number of hydrogen-bond donors (Lipinski definition) is 0. The normalized spacial score (nSPS) is 11.1. The van der Waals surface area contributed by atoms with Crippen LogP contribution in [0.25, 0.3) is 10.9 Å². The Balaban J connectivity index is 0.000000771. The minimum absolute atomic E-state index is 0.0704. The zero-order valence-corrected chi connectivity index (χ0v) is 11.0. The summed E-state index contributed by atoms with van der Waals surface area (Å²) in [6, 6.07) is 5.80. The van der Waals surface area contributed by atoms with Crippen molar-refractivity contribution < 1.29 is 13.2 Å². The summed E-state index contributed by atoms with van der Waals surface area (Å²) in [5.74, 6) is 0. The van der Waals surface area contributed by atoms with E-state index in [1.807, 2.05) is 20.8 Å². The van der Waals surface area contributed by atoms with Crippen molar-refractivity contribution in [1.29, 1.82) is 0 Å². The molecule has 0 fully saturated rings. The largest absolute Gasteiger partial charge is 0.433 e. The lowest BCUT2D eigenvalue weighted by atomic mass is 10.1. The van der Waals surface area contributed by atoms with Crippen molar-refractivity contribution in [1.82, 2.24) is 4.98 Å². The SMILES string of the molecule is CC.Cc1ccc2nc(C(F)(F)F)cc(Cl)c2c1. The molecule has 0 aliphatic rings. The Bertz CT molecular complexity index is 550. The van der Waals surface area contributed by atoms with Gasteiger partial charge in [0.15, 0.2) is 0 Å². The van der Waals surface area contributed by atoms with Gasteiger partial charge in [-0.15, -0.1) is 0 Å². The van der Waals surface area contributed by atoms with Crippen LogP contribution in [-0.2, 0) is 6.18 Å². The number of benzene rings is 1. The zero-order chi connectivity index (χ0) is 13.9. The van der Waals surface area contributed by atoms with Crippen LogP contribution in [0.1, 0.15) is 25.1 Å². The van der Waals surface area contributed by atoms with Crippen molar-refractivity contribution in [2.75, 3.05) is 0 Å². The summed E-state index contributed by atoms with van der Waals surface area (Å²) in [4.78, 5) is 3.54. The van der Waals surface area contributed by atoms with Gasteiger partial charge in [-0.05, 0) is 25.1 Å². The van der Waals surface area contributed by atoms with Gasteiger partial charge in [0.25, 0.3) is 0 Å². The lowest BCUT2D eigenvalue weighted by molar-refractivity contribution is -0.140. The highest BCUT2D eigenvalue weighted by Crippen LogP contribution is 2.32. The van der Waals surface area contributed by atoms with Crippen LogP contribution in [0.4, 0.5) is 13.2 Å². The first-order valence-corrected chi connectivity index (χ1v) is 5.90. The Morgan fingerprint density at radius 2 is 1.72 bits per heavy atom. The van der Waals surface area contributed by atoms with Crippen molar-refractivity contribution >= 4 is 22.5 Å². The van der Waals surface area contributed by atoms with E-state index in [-0.39, 0.29) is 10.5 Å². The smallest absolute Gasteiger partial charge is 0.243 e. The average molecular weight is 276 g/mol. The van der Waals surface area contributed by atoms with Crippen LogP contribution in [0, 0.1) is 6.92 Å². The van der Waals surface area contributed by atoms with Crippen LogP contribution in [-0.4, -0.2) is 4.98 Å². The van der Waals surface area contributed by atoms with Crippen LogP contribution in [0.2, 0.25) is 5.02 Å². The van der Waals surface area contributed by atoms with Gasteiger partial charge < -0.3 is 0 Å². The van der Waals surface area contributed by atoms with Crippen LogP contribution >= 0.6 is 11.6 Å². The topological polar surface area (TPSA) is 12.9 Å². The summed E-state index contributed by atoms with van der Waals surface area (Å²) in [5.41, 5.74) is 0.218. The molecule has 0 aliphatic carbocycles. The number of alkyl halides is 3. The molecular weight excluding hydrogens is 263 g/mol. The summed E-state index contributed by atoms with van der Waals surface area (Å²) in [6.07, 6.45) is -4.47. The molecule has 1 aromatic heterocycles. The molecule has 18 heavy (non-hydrogen) atoms. The Labute approximate surface area is 109 Å². The van der Waals surface area contributed by atoms with Gasteiger partial charge in [0.05, 0.1) is 10.5 Å². The van der Waals surface area contributed by atoms with Crippen LogP contribution < -0.4 is 0 Å². The van der Waals surface area contributed by atoms with Gasteiger partial charge in [0.2, 0.25) is 0 Å². The molecule has 0 N–H and O–H groups in total. The van der Waals surface area contributed by atoms with Crippen LogP contribution in [0.15, 0.2) is 24.3 Å². The molecule has 0 saturated carbocycles. The maximum atomic E-state index is 12.5. The van der Waals surface area contributed by atoms with Gasteiger partial charge in [-0.1, -0.05) is 37.1 Å². The predicted octanol–water partition coefficient (Wildman–Crippen LogP) is 5.24. The van der Waals surface area contributed by atoms with Crippen molar-refractivity contribution in [2.45, 2.75) is 26.9 Å². The molecule has 0 radical (unpaired) electrons. The van der Waals surface area contributed by atoms with E-state index in [9.17, 15) is 13.2 Å². The second-order valence-electron chi connectivity index (χ2n) is 3.51. The molecule has 1 heterocycles. The minimum Gasteiger partial charge on any atom is -0.243 e. The first kappa shape index (κ1) is 14.8. The Morgan fingerprint density at radius 1 is 1.11 bits per heavy atom. The number of aromatic nitrogens is 1. The Hall–Kier alpha value is -1.29. The van der Waals surface area contributed by atoms with Crippen LogP contribution in [0.5, 0.6) is 0 Å². The molecule has 0 amide bonds. The minimum atomic E-state index is -4.47. The van der Waals surface area contributed by atoms with E-state index in [2.05, 4.69) is 4.98 Å². The van der Waals surface area contributed by atoms with E-state index < -0.39 is 11.9 Å². The summed E-state index contributed by atoms with van der Waals surface area (Å²) >= 11 is 5.80. The van der Waals surface area contributed by atoms with E-state index in [1.54, 1.807) is 12.1 Å². The number of fused-ring (bicyclic) bond motifs is 1.